The maximum atomic E-state index is 13.8. The van der Waals surface area contributed by atoms with Crippen LogP contribution in [0.1, 0.15) is 112 Å². The van der Waals surface area contributed by atoms with E-state index in [2.05, 4.69) is 76.9 Å². The number of carbonyl (C=O) groups excluding carboxylic acids is 1. The molecule has 0 atom stereocenters. The molecule has 0 unspecified atom stereocenters. The van der Waals surface area contributed by atoms with Crippen molar-refractivity contribution >= 4 is 37.2 Å². The van der Waals surface area contributed by atoms with Crippen LogP contribution in [0.25, 0.3) is 0 Å². The van der Waals surface area contributed by atoms with Crippen molar-refractivity contribution in [3.05, 3.63) is 23.8 Å². The van der Waals surface area contributed by atoms with Crippen LogP contribution in [0, 0.1) is 17.8 Å². The zero-order valence-corrected chi connectivity index (χ0v) is 26.0. The standard InChI is InChI=1S/C24H36BN2O2S.C8H16/c1-6-16-13-18(14-16)27-20-15-17(25-29-22(2,3)23(4,5)30)7-8-19(20)24(21(27)28)9-11-26-12-10-24;1-3-7-5-8(4-2)6-7/h7-8,15-16,18,26,30H,6,9-14H2,1-5H3;7-8H,3-6H2,1-2H3. The summed E-state index contributed by atoms with van der Waals surface area (Å²) >= 11 is 4.70. The van der Waals surface area contributed by atoms with Crippen molar-refractivity contribution in [1.82, 2.24) is 5.32 Å². The van der Waals surface area contributed by atoms with Gasteiger partial charge in [0, 0.05) is 16.5 Å². The number of nitrogens with one attached hydrogen (secondary N) is 1. The monoisotopic (exact) mass is 539 g/mol. The molecular weight excluding hydrogens is 487 g/mol. The molecule has 1 amide bonds. The Morgan fingerprint density at radius 1 is 0.974 bits per heavy atom. The van der Waals surface area contributed by atoms with Crippen LogP contribution in [-0.4, -0.2) is 42.9 Å². The number of hydrogen-bond donors (Lipinski definition) is 2. The molecule has 2 aliphatic heterocycles. The Hall–Kier alpha value is -0.975. The maximum absolute atomic E-state index is 13.8. The van der Waals surface area contributed by atoms with Gasteiger partial charge in [0.05, 0.1) is 11.0 Å². The second-order valence-corrected chi connectivity index (χ2v) is 14.6. The molecule has 1 saturated heterocycles. The summed E-state index contributed by atoms with van der Waals surface area (Å²) in [6.07, 6.45) is 11.1. The highest BCUT2D eigenvalue weighted by atomic mass is 32.1. The molecule has 4 aliphatic rings. The average Bonchev–Trinajstić information content (AvgIpc) is 3.04. The summed E-state index contributed by atoms with van der Waals surface area (Å²) in [5.74, 6) is 3.28. The minimum absolute atomic E-state index is 0.275. The molecule has 5 rings (SSSR count). The Labute approximate surface area is 239 Å². The Balaban J connectivity index is 0.000000360. The highest BCUT2D eigenvalue weighted by Gasteiger charge is 2.54. The van der Waals surface area contributed by atoms with Crippen LogP contribution in [0.2, 0.25) is 0 Å². The molecule has 2 heterocycles. The molecule has 1 N–H and O–H groups in total. The number of anilines is 1. The van der Waals surface area contributed by atoms with Gasteiger partial charge >= 0.3 is 7.48 Å². The summed E-state index contributed by atoms with van der Waals surface area (Å²) in [5, 5.41) is 3.43. The number of carbonyl (C=O) groups is 1. The Bertz CT molecular complexity index is 949. The fraction of sp³-hybridized carbons (Fsp3) is 0.781. The quantitative estimate of drug-likeness (QED) is 0.296. The highest BCUT2D eigenvalue weighted by molar-refractivity contribution is 7.81. The van der Waals surface area contributed by atoms with Crippen molar-refractivity contribution < 1.29 is 9.45 Å². The first-order chi connectivity index (χ1) is 18.0. The third-order valence-corrected chi connectivity index (χ3v) is 11.0. The third kappa shape index (κ3) is 5.88. The van der Waals surface area contributed by atoms with Crippen LogP contribution in [0.15, 0.2) is 18.2 Å². The van der Waals surface area contributed by atoms with Gasteiger partial charge in [0.2, 0.25) is 5.91 Å². The fourth-order valence-electron chi connectivity index (χ4n) is 6.53. The molecule has 2 saturated carbocycles. The lowest BCUT2D eigenvalue weighted by atomic mass is 9.72. The van der Waals surface area contributed by atoms with E-state index in [-0.39, 0.29) is 10.2 Å². The molecule has 0 bridgehead atoms. The van der Waals surface area contributed by atoms with Gasteiger partial charge in [-0.25, -0.2) is 0 Å². The zero-order valence-electron chi connectivity index (χ0n) is 25.1. The van der Waals surface area contributed by atoms with Crippen molar-refractivity contribution in [2.24, 2.45) is 17.8 Å². The van der Waals surface area contributed by atoms with Crippen molar-refractivity contribution in [3.63, 3.8) is 0 Å². The summed E-state index contributed by atoms with van der Waals surface area (Å²) in [6.45, 7) is 16.9. The summed E-state index contributed by atoms with van der Waals surface area (Å²) in [4.78, 5) is 15.9. The molecule has 211 valence electrons. The summed E-state index contributed by atoms with van der Waals surface area (Å²) < 4.78 is 5.88. The van der Waals surface area contributed by atoms with Crippen LogP contribution in [0.5, 0.6) is 0 Å². The molecule has 1 radical (unpaired) electrons. The van der Waals surface area contributed by atoms with E-state index in [0.717, 1.165) is 67.7 Å². The first kappa shape index (κ1) is 30.0. The Morgan fingerprint density at radius 2 is 1.53 bits per heavy atom. The van der Waals surface area contributed by atoms with Crippen LogP contribution < -0.4 is 15.7 Å². The van der Waals surface area contributed by atoms with Gasteiger partial charge in [-0.05, 0) is 109 Å². The smallest absolute Gasteiger partial charge is 0.330 e. The van der Waals surface area contributed by atoms with Crippen LogP contribution in [-0.2, 0) is 14.9 Å². The molecule has 4 nitrogen and oxygen atoms in total. The van der Waals surface area contributed by atoms with Crippen LogP contribution in [0.4, 0.5) is 5.69 Å². The van der Waals surface area contributed by atoms with Gasteiger partial charge in [0.25, 0.3) is 0 Å². The minimum Gasteiger partial charge on any atom is -0.428 e. The summed E-state index contributed by atoms with van der Waals surface area (Å²) in [5.41, 5.74) is 2.59. The van der Waals surface area contributed by atoms with Crippen LogP contribution >= 0.6 is 12.6 Å². The van der Waals surface area contributed by atoms with Crippen LogP contribution in [0.3, 0.4) is 0 Å². The van der Waals surface area contributed by atoms with Gasteiger partial charge in [-0.15, -0.1) is 0 Å². The lowest BCUT2D eigenvalue weighted by molar-refractivity contribution is -0.125. The Kier molecular flexibility index (Phi) is 9.37. The molecule has 6 heteroatoms. The fourth-order valence-corrected chi connectivity index (χ4v) is 6.58. The number of piperidine rings is 1. The number of amides is 1. The molecular formula is C32H52BN2O2S. The molecule has 1 aromatic rings. The maximum Gasteiger partial charge on any atom is 0.330 e. The van der Waals surface area contributed by atoms with E-state index < -0.39 is 5.60 Å². The molecule has 38 heavy (non-hydrogen) atoms. The largest absolute Gasteiger partial charge is 0.428 e. The summed E-state index contributed by atoms with van der Waals surface area (Å²) in [6, 6.07) is 6.81. The lowest BCUT2D eigenvalue weighted by Gasteiger charge is -2.42. The van der Waals surface area contributed by atoms with Gasteiger partial charge in [0.1, 0.15) is 0 Å². The first-order valence-electron chi connectivity index (χ1n) is 15.4. The van der Waals surface area contributed by atoms with E-state index in [1.165, 1.54) is 37.7 Å². The van der Waals surface area contributed by atoms with E-state index in [9.17, 15) is 4.79 Å². The van der Waals surface area contributed by atoms with E-state index in [1.807, 2.05) is 7.48 Å². The van der Waals surface area contributed by atoms with Gasteiger partial charge in [-0.3, -0.25) is 4.79 Å². The number of rotatable bonds is 8. The topological polar surface area (TPSA) is 41.6 Å². The predicted molar refractivity (Wildman–Crippen MR) is 165 cm³/mol. The third-order valence-electron chi connectivity index (χ3n) is 10.5. The molecule has 0 aromatic heterocycles. The lowest BCUT2D eigenvalue weighted by Crippen LogP contribution is -2.53. The minimum atomic E-state index is -0.413. The molecule has 1 aromatic carbocycles. The van der Waals surface area contributed by atoms with Crippen molar-refractivity contribution in [1.29, 1.82) is 0 Å². The second-order valence-electron chi connectivity index (χ2n) is 13.5. The predicted octanol–water partition coefficient (Wildman–Crippen LogP) is 6.42. The van der Waals surface area contributed by atoms with Gasteiger partial charge in [-0.1, -0.05) is 57.6 Å². The second kappa shape index (κ2) is 11.9. The van der Waals surface area contributed by atoms with Gasteiger partial charge in [0.15, 0.2) is 0 Å². The van der Waals surface area contributed by atoms with E-state index >= 15 is 0 Å². The first-order valence-corrected chi connectivity index (χ1v) is 15.8. The average molecular weight is 540 g/mol. The van der Waals surface area contributed by atoms with Gasteiger partial charge in [-0.2, -0.15) is 12.6 Å². The summed E-state index contributed by atoms with van der Waals surface area (Å²) in [7, 11) is 1.84. The number of thiol groups is 1. The Morgan fingerprint density at radius 3 is 2.05 bits per heavy atom. The SMILES string of the molecule is CCC1CC(CC)C1.CCC1CC(N2C(=O)C3(CCNCC3)c3ccc([B]OC(C)(C)C(C)(C)S)cc32)C1. The van der Waals surface area contributed by atoms with Crippen molar-refractivity contribution in [2.75, 3.05) is 18.0 Å². The number of fused-ring (bicyclic) bond motifs is 2. The van der Waals surface area contributed by atoms with E-state index in [4.69, 9.17) is 17.3 Å². The van der Waals surface area contributed by atoms with Crippen molar-refractivity contribution in [3.8, 4) is 0 Å². The van der Waals surface area contributed by atoms with Crippen molar-refractivity contribution in [2.45, 2.75) is 128 Å². The zero-order chi connectivity index (χ0) is 27.7. The molecule has 1 spiro atoms. The normalized spacial score (nSPS) is 28.2. The van der Waals surface area contributed by atoms with E-state index in [1.54, 1.807) is 0 Å². The van der Waals surface area contributed by atoms with E-state index in [0.29, 0.717) is 11.9 Å². The highest BCUT2D eigenvalue weighted by Crippen LogP contribution is 2.50. The molecule has 2 aliphatic carbocycles. The van der Waals surface area contributed by atoms with Gasteiger partial charge < -0.3 is 14.9 Å². The molecule has 3 fully saturated rings. The number of hydrogen-bond acceptors (Lipinski definition) is 4. The number of benzene rings is 1. The number of nitrogens with zero attached hydrogens (tertiary/aromatic N) is 1.